The van der Waals surface area contributed by atoms with E-state index < -0.39 is 36.7 Å². The summed E-state index contributed by atoms with van der Waals surface area (Å²) in [6, 6.07) is 5.09. The second kappa shape index (κ2) is 6.98. The molecule has 1 saturated heterocycles. The lowest BCUT2D eigenvalue weighted by molar-refractivity contribution is -0.271. The number of aromatic amines is 1. The molecule has 2 heterocycles. The van der Waals surface area contributed by atoms with Crippen LogP contribution in [0.4, 0.5) is 0 Å². The molecule has 9 nitrogen and oxygen atoms in total. The molecular formula is C16H20N2O7. The number of ether oxygens (including phenoxy) is 2. The predicted octanol–water partition coefficient (Wildman–Crippen LogP) is -1.06. The van der Waals surface area contributed by atoms with Gasteiger partial charge in [0.1, 0.15) is 24.1 Å². The molecule has 3 rings (SSSR count). The van der Waals surface area contributed by atoms with Crippen molar-refractivity contribution in [3.8, 4) is 5.75 Å². The van der Waals surface area contributed by atoms with E-state index in [1.807, 2.05) is 6.20 Å². The molecule has 1 fully saturated rings. The van der Waals surface area contributed by atoms with Gasteiger partial charge in [0.15, 0.2) is 6.10 Å². The molecule has 0 bridgehead atoms. The number of carboxylic acid groups (broad SMARTS) is 1. The third kappa shape index (κ3) is 3.32. The fourth-order valence-corrected chi connectivity index (χ4v) is 2.88. The van der Waals surface area contributed by atoms with Crippen molar-refractivity contribution >= 4 is 16.9 Å². The van der Waals surface area contributed by atoms with E-state index in [1.165, 1.54) is 0 Å². The zero-order chi connectivity index (χ0) is 18.1. The van der Waals surface area contributed by atoms with Gasteiger partial charge in [-0.05, 0) is 36.7 Å². The van der Waals surface area contributed by atoms with E-state index >= 15 is 0 Å². The van der Waals surface area contributed by atoms with Crippen molar-refractivity contribution in [1.29, 1.82) is 0 Å². The lowest BCUT2D eigenvalue weighted by atomic mass is 9.99. The van der Waals surface area contributed by atoms with Gasteiger partial charge < -0.3 is 40.6 Å². The van der Waals surface area contributed by atoms with Gasteiger partial charge in [-0.1, -0.05) is 0 Å². The monoisotopic (exact) mass is 352 g/mol. The number of hydrogen-bond acceptors (Lipinski definition) is 7. The van der Waals surface area contributed by atoms with Crippen molar-refractivity contribution in [1.82, 2.24) is 4.98 Å². The minimum Gasteiger partial charge on any atom is -0.479 e. The standard InChI is InChI=1S/C16H20N2O7/c17-4-3-7-6-18-10-2-1-8(5-9(7)10)24-16-13(21)11(19)12(20)14(25-16)15(22)23/h1-2,5-6,11-14,16,18-21H,3-4,17H2,(H,22,23)/t11-,12-,13+,14-,16+/m0/s1. The van der Waals surface area contributed by atoms with E-state index in [2.05, 4.69) is 4.98 Å². The van der Waals surface area contributed by atoms with Crippen LogP contribution in [0.1, 0.15) is 5.56 Å². The van der Waals surface area contributed by atoms with E-state index in [1.54, 1.807) is 18.2 Å². The predicted molar refractivity (Wildman–Crippen MR) is 86.0 cm³/mol. The molecule has 136 valence electrons. The molecule has 0 spiro atoms. The van der Waals surface area contributed by atoms with Crippen molar-refractivity contribution in [3.63, 3.8) is 0 Å². The van der Waals surface area contributed by atoms with Gasteiger partial charge in [0.05, 0.1) is 0 Å². The summed E-state index contributed by atoms with van der Waals surface area (Å²) < 4.78 is 10.6. The summed E-state index contributed by atoms with van der Waals surface area (Å²) >= 11 is 0. The third-order valence-electron chi connectivity index (χ3n) is 4.22. The molecule has 0 amide bonds. The van der Waals surface area contributed by atoms with Crippen LogP contribution in [0.2, 0.25) is 0 Å². The molecule has 0 radical (unpaired) electrons. The summed E-state index contributed by atoms with van der Waals surface area (Å²) in [4.78, 5) is 14.2. The van der Waals surface area contributed by atoms with Crippen molar-refractivity contribution < 1.29 is 34.7 Å². The Bertz CT molecular complexity index is 762. The van der Waals surface area contributed by atoms with Gasteiger partial charge in [-0.15, -0.1) is 0 Å². The molecule has 25 heavy (non-hydrogen) atoms. The normalized spacial score (nSPS) is 29.7. The van der Waals surface area contributed by atoms with Crippen LogP contribution in [0.3, 0.4) is 0 Å². The summed E-state index contributed by atoms with van der Waals surface area (Å²) in [6.45, 7) is 0.479. The second-order valence-electron chi connectivity index (χ2n) is 5.91. The van der Waals surface area contributed by atoms with E-state index in [-0.39, 0.29) is 0 Å². The van der Waals surface area contributed by atoms with Crippen molar-refractivity contribution in [2.45, 2.75) is 37.1 Å². The minimum absolute atomic E-state index is 0.321. The number of aromatic nitrogens is 1. The van der Waals surface area contributed by atoms with E-state index in [0.717, 1.165) is 16.5 Å². The number of aliphatic hydroxyl groups excluding tert-OH is 3. The lowest BCUT2D eigenvalue weighted by Gasteiger charge is -2.38. The summed E-state index contributed by atoms with van der Waals surface area (Å²) in [5.41, 5.74) is 7.45. The highest BCUT2D eigenvalue weighted by Crippen LogP contribution is 2.28. The Kier molecular flexibility index (Phi) is 4.93. The Morgan fingerprint density at radius 3 is 2.68 bits per heavy atom. The van der Waals surface area contributed by atoms with Crippen LogP contribution in [0.15, 0.2) is 24.4 Å². The number of carboxylic acids is 1. The maximum Gasteiger partial charge on any atom is 0.335 e. The molecule has 5 atom stereocenters. The number of benzene rings is 1. The number of aliphatic hydroxyl groups is 3. The van der Waals surface area contributed by atoms with Crippen LogP contribution in [0.5, 0.6) is 5.75 Å². The van der Waals surface area contributed by atoms with Crippen LogP contribution < -0.4 is 10.5 Å². The molecule has 0 unspecified atom stereocenters. The number of fused-ring (bicyclic) bond motifs is 1. The summed E-state index contributed by atoms with van der Waals surface area (Å²) in [5.74, 6) is -1.14. The highest BCUT2D eigenvalue weighted by atomic mass is 16.7. The molecule has 2 aromatic rings. The van der Waals surface area contributed by atoms with Gasteiger partial charge in [-0.25, -0.2) is 4.79 Å². The van der Waals surface area contributed by atoms with E-state index in [0.29, 0.717) is 18.7 Å². The number of rotatable bonds is 5. The first-order valence-electron chi connectivity index (χ1n) is 7.81. The van der Waals surface area contributed by atoms with Crippen LogP contribution >= 0.6 is 0 Å². The van der Waals surface area contributed by atoms with Gasteiger partial charge >= 0.3 is 5.97 Å². The van der Waals surface area contributed by atoms with Gasteiger partial charge in [0.25, 0.3) is 0 Å². The topological polar surface area (TPSA) is 158 Å². The fourth-order valence-electron chi connectivity index (χ4n) is 2.88. The fraction of sp³-hybridized carbons (Fsp3) is 0.438. The minimum atomic E-state index is -1.75. The molecule has 1 aromatic carbocycles. The van der Waals surface area contributed by atoms with E-state index in [4.69, 9.17) is 20.3 Å². The number of nitrogens with one attached hydrogen (secondary N) is 1. The molecular weight excluding hydrogens is 332 g/mol. The van der Waals surface area contributed by atoms with Crippen LogP contribution in [-0.4, -0.2) is 68.6 Å². The Morgan fingerprint density at radius 2 is 2.00 bits per heavy atom. The number of nitrogens with two attached hydrogens (primary N) is 1. The second-order valence-corrected chi connectivity index (χ2v) is 5.91. The molecule has 1 aliphatic rings. The first-order chi connectivity index (χ1) is 11.9. The third-order valence-corrected chi connectivity index (χ3v) is 4.22. The maximum atomic E-state index is 11.1. The van der Waals surface area contributed by atoms with Crippen LogP contribution in [-0.2, 0) is 16.0 Å². The molecule has 0 aliphatic carbocycles. The molecule has 7 N–H and O–H groups in total. The Hall–Kier alpha value is -2.17. The maximum absolute atomic E-state index is 11.1. The van der Waals surface area contributed by atoms with Crippen molar-refractivity contribution in [3.05, 3.63) is 30.0 Å². The molecule has 1 aromatic heterocycles. The largest absolute Gasteiger partial charge is 0.479 e. The summed E-state index contributed by atoms with van der Waals surface area (Å²) in [7, 11) is 0. The Balaban J connectivity index is 1.84. The van der Waals surface area contributed by atoms with Crippen molar-refractivity contribution in [2.75, 3.05) is 6.54 Å². The highest BCUT2D eigenvalue weighted by molar-refractivity contribution is 5.84. The highest BCUT2D eigenvalue weighted by Gasteiger charge is 2.48. The van der Waals surface area contributed by atoms with Gasteiger partial charge in [-0.3, -0.25) is 0 Å². The van der Waals surface area contributed by atoms with Gasteiger partial charge in [-0.2, -0.15) is 0 Å². The number of hydrogen-bond donors (Lipinski definition) is 6. The number of H-pyrrole nitrogens is 1. The quantitative estimate of drug-likeness (QED) is 0.397. The Morgan fingerprint density at radius 1 is 1.24 bits per heavy atom. The molecule has 9 heteroatoms. The van der Waals surface area contributed by atoms with Crippen LogP contribution in [0.25, 0.3) is 10.9 Å². The van der Waals surface area contributed by atoms with Gasteiger partial charge in [0.2, 0.25) is 6.29 Å². The summed E-state index contributed by atoms with van der Waals surface area (Å²) in [5, 5.41) is 39.4. The summed E-state index contributed by atoms with van der Waals surface area (Å²) in [6.07, 6.45) is -5.69. The average Bonchev–Trinajstić information content (AvgIpc) is 2.98. The number of carbonyl (C=O) groups is 1. The van der Waals surface area contributed by atoms with Crippen molar-refractivity contribution in [2.24, 2.45) is 5.73 Å². The van der Waals surface area contributed by atoms with Gasteiger partial charge in [0, 0.05) is 17.1 Å². The molecule has 1 aliphatic heterocycles. The molecule has 0 saturated carbocycles. The first kappa shape index (κ1) is 17.6. The number of aliphatic carboxylic acids is 1. The zero-order valence-electron chi connectivity index (χ0n) is 13.2. The van der Waals surface area contributed by atoms with E-state index in [9.17, 15) is 20.1 Å². The SMILES string of the molecule is NCCc1c[nH]c2ccc(O[C@@H]3O[C@H](C(=O)O)[C@@H](O)[C@H](O)[C@H]3O)cc12. The van der Waals surface area contributed by atoms with Crippen LogP contribution in [0, 0.1) is 0 Å². The Labute approximate surface area is 142 Å². The lowest BCUT2D eigenvalue weighted by Crippen LogP contribution is -2.61. The first-order valence-corrected chi connectivity index (χ1v) is 7.81. The average molecular weight is 352 g/mol. The zero-order valence-corrected chi connectivity index (χ0v) is 13.2. The smallest absolute Gasteiger partial charge is 0.335 e.